The Kier molecular flexibility index (Phi) is 3.55. The Balaban J connectivity index is 4.12. The van der Waals surface area contributed by atoms with Crippen LogP contribution in [0.15, 0.2) is 36.0 Å². The summed E-state index contributed by atoms with van der Waals surface area (Å²) in [6, 6.07) is 0. The first-order chi connectivity index (χ1) is 3.85. The Morgan fingerprint density at radius 3 is 2.50 bits per heavy atom. The van der Waals surface area contributed by atoms with E-state index in [0.717, 1.165) is 5.71 Å². The molecule has 0 aliphatic carbocycles. The Morgan fingerprint density at radius 2 is 2.38 bits per heavy atom. The lowest BCUT2D eigenvalue weighted by molar-refractivity contribution is 1.45. The summed E-state index contributed by atoms with van der Waals surface area (Å²) in [5, 5.41) is 0. The van der Waals surface area contributed by atoms with Gasteiger partial charge in [-0.15, -0.1) is 5.73 Å². The fourth-order valence-electron chi connectivity index (χ4n) is 0.319. The van der Waals surface area contributed by atoms with E-state index in [1.807, 2.05) is 0 Å². The van der Waals surface area contributed by atoms with E-state index in [-0.39, 0.29) is 0 Å². The van der Waals surface area contributed by atoms with Crippen molar-refractivity contribution in [3.05, 3.63) is 31.0 Å². The first kappa shape index (κ1) is 6.93. The van der Waals surface area contributed by atoms with Crippen LogP contribution in [0.25, 0.3) is 0 Å². The summed E-state index contributed by atoms with van der Waals surface area (Å²) < 4.78 is 0. The van der Waals surface area contributed by atoms with Gasteiger partial charge < -0.3 is 0 Å². The maximum atomic E-state index is 3.84. The summed E-state index contributed by atoms with van der Waals surface area (Å²) in [4.78, 5) is 3.84. The van der Waals surface area contributed by atoms with E-state index in [1.54, 1.807) is 19.2 Å². The van der Waals surface area contributed by atoms with Crippen molar-refractivity contribution in [2.24, 2.45) is 4.99 Å². The summed E-state index contributed by atoms with van der Waals surface area (Å²) in [7, 11) is 1.70. The summed E-state index contributed by atoms with van der Waals surface area (Å²) in [5.74, 6) is 0. The fourth-order valence-corrected chi connectivity index (χ4v) is 0.319. The van der Waals surface area contributed by atoms with Crippen LogP contribution in [0, 0.1) is 0 Å². The van der Waals surface area contributed by atoms with Crippen molar-refractivity contribution in [3.8, 4) is 0 Å². The monoisotopic (exact) mass is 107 g/mol. The van der Waals surface area contributed by atoms with Gasteiger partial charge >= 0.3 is 0 Å². The highest BCUT2D eigenvalue weighted by Gasteiger charge is 1.76. The van der Waals surface area contributed by atoms with Gasteiger partial charge in [0.05, 0.1) is 5.71 Å². The summed E-state index contributed by atoms with van der Waals surface area (Å²) >= 11 is 0. The van der Waals surface area contributed by atoms with E-state index in [4.69, 9.17) is 0 Å². The van der Waals surface area contributed by atoms with E-state index in [2.05, 4.69) is 23.9 Å². The van der Waals surface area contributed by atoms with Crippen molar-refractivity contribution in [2.45, 2.75) is 0 Å². The Morgan fingerprint density at radius 1 is 1.75 bits per heavy atom. The Bertz CT molecular complexity index is 148. The molecule has 8 heavy (non-hydrogen) atoms. The second kappa shape index (κ2) is 4.10. The number of hydrogen-bond donors (Lipinski definition) is 0. The molecule has 0 aliphatic rings. The zero-order valence-corrected chi connectivity index (χ0v) is 5.02. The number of rotatable bonds is 2. The zero-order chi connectivity index (χ0) is 6.41. The molecule has 0 saturated carbocycles. The third kappa shape index (κ3) is 2.17. The van der Waals surface area contributed by atoms with Crippen molar-refractivity contribution in [1.29, 1.82) is 0 Å². The molecule has 1 nitrogen and oxygen atoms in total. The van der Waals surface area contributed by atoms with Crippen LogP contribution in [0.1, 0.15) is 0 Å². The lowest BCUT2D eigenvalue weighted by Crippen LogP contribution is -1.82. The standard InChI is InChI=1S/C7H9N/c1-4-6-7(5-2)8-3/h5-6H,1-2H2,3H3. The first-order valence-corrected chi connectivity index (χ1v) is 2.30. The van der Waals surface area contributed by atoms with Gasteiger partial charge in [-0.1, -0.05) is 13.2 Å². The van der Waals surface area contributed by atoms with Crippen LogP contribution in [-0.4, -0.2) is 12.8 Å². The number of hydrogen-bond acceptors (Lipinski definition) is 1. The predicted octanol–water partition coefficient (Wildman–Crippen LogP) is 1.58. The molecule has 0 aromatic heterocycles. The third-order valence-electron chi connectivity index (χ3n) is 0.717. The van der Waals surface area contributed by atoms with Crippen molar-refractivity contribution in [1.82, 2.24) is 0 Å². The van der Waals surface area contributed by atoms with E-state index in [0.29, 0.717) is 0 Å². The molecule has 0 atom stereocenters. The van der Waals surface area contributed by atoms with Gasteiger partial charge in [-0.05, 0) is 6.08 Å². The number of allylic oxidation sites excluding steroid dienone is 2. The van der Waals surface area contributed by atoms with Crippen molar-refractivity contribution in [2.75, 3.05) is 7.05 Å². The minimum Gasteiger partial charge on any atom is -0.288 e. The molecule has 0 unspecified atom stereocenters. The minimum absolute atomic E-state index is 0.806. The molecule has 0 radical (unpaired) electrons. The lowest BCUT2D eigenvalue weighted by atomic mass is 10.3. The summed E-state index contributed by atoms with van der Waals surface area (Å²) in [5.41, 5.74) is 3.40. The molecule has 0 spiro atoms. The van der Waals surface area contributed by atoms with Gasteiger partial charge in [-0.25, -0.2) is 0 Å². The van der Waals surface area contributed by atoms with Gasteiger partial charge in [0.1, 0.15) is 0 Å². The molecule has 0 rings (SSSR count). The third-order valence-corrected chi connectivity index (χ3v) is 0.717. The van der Waals surface area contributed by atoms with Gasteiger partial charge in [0.15, 0.2) is 0 Å². The quantitative estimate of drug-likeness (QED) is 0.375. The molecule has 0 fully saturated rings. The highest BCUT2D eigenvalue weighted by molar-refractivity contribution is 6.03. The molecule has 42 valence electrons. The van der Waals surface area contributed by atoms with Gasteiger partial charge in [-0.3, -0.25) is 4.99 Å². The molecule has 0 heterocycles. The van der Waals surface area contributed by atoms with Crippen molar-refractivity contribution < 1.29 is 0 Å². The molecular weight excluding hydrogens is 98.1 g/mol. The smallest absolute Gasteiger partial charge is 0.0641 e. The van der Waals surface area contributed by atoms with Gasteiger partial charge in [0.25, 0.3) is 0 Å². The number of aliphatic imine (C=N–C) groups is 1. The highest BCUT2D eigenvalue weighted by Crippen LogP contribution is 1.77. The molecule has 0 aromatic rings. The molecule has 0 saturated heterocycles. The largest absolute Gasteiger partial charge is 0.288 e. The average Bonchev–Trinajstić information content (AvgIpc) is 1.83. The molecular formula is C7H9N. The molecule has 0 N–H and O–H groups in total. The summed E-state index contributed by atoms with van der Waals surface area (Å²) in [6.07, 6.45) is 3.32. The average molecular weight is 107 g/mol. The van der Waals surface area contributed by atoms with Gasteiger partial charge in [0, 0.05) is 13.1 Å². The summed E-state index contributed by atoms with van der Waals surface area (Å²) in [6.45, 7) is 6.91. The number of nitrogens with zero attached hydrogens (tertiary/aromatic N) is 1. The predicted molar refractivity (Wildman–Crippen MR) is 37.3 cm³/mol. The zero-order valence-electron chi connectivity index (χ0n) is 5.02. The van der Waals surface area contributed by atoms with Crippen LogP contribution in [0.4, 0.5) is 0 Å². The molecule has 0 aliphatic heterocycles. The van der Waals surface area contributed by atoms with Crippen LogP contribution in [0.2, 0.25) is 0 Å². The Hall–Kier alpha value is -1.07. The Labute approximate surface area is 49.8 Å². The lowest BCUT2D eigenvalue weighted by Gasteiger charge is -1.81. The SMILES string of the molecule is C=C=CC(C=C)=NC. The second-order valence-corrected chi connectivity index (χ2v) is 1.20. The minimum atomic E-state index is 0.806. The maximum Gasteiger partial charge on any atom is 0.0641 e. The van der Waals surface area contributed by atoms with Crippen LogP contribution in [0.3, 0.4) is 0 Å². The van der Waals surface area contributed by atoms with Gasteiger partial charge in [0.2, 0.25) is 0 Å². The fraction of sp³-hybridized carbons (Fsp3) is 0.143. The van der Waals surface area contributed by atoms with Crippen LogP contribution in [-0.2, 0) is 0 Å². The molecule has 0 bridgehead atoms. The van der Waals surface area contributed by atoms with Gasteiger partial charge in [-0.2, -0.15) is 0 Å². The van der Waals surface area contributed by atoms with Crippen LogP contribution < -0.4 is 0 Å². The van der Waals surface area contributed by atoms with Crippen molar-refractivity contribution in [3.63, 3.8) is 0 Å². The normalized spacial score (nSPS) is 9.88. The highest BCUT2D eigenvalue weighted by atomic mass is 14.7. The van der Waals surface area contributed by atoms with Crippen LogP contribution >= 0.6 is 0 Å². The second-order valence-electron chi connectivity index (χ2n) is 1.20. The van der Waals surface area contributed by atoms with Crippen molar-refractivity contribution >= 4 is 5.71 Å². The van der Waals surface area contributed by atoms with Crippen LogP contribution in [0.5, 0.6) is 0 Å². The topological polar surface area (TPSA) is 12.4 Å². The molecule has 0 amide bonds. The first-order valence-electron chi connectivity index (χ1n) is 2.30. The molecule has 0 aromatic carbocycles. The molecule has 1 heteroatoms. The van der Waals surface area contributed by atoms with E-state index in [9.17, 15) is 0 Å². The van der Waals surface area contributed by atoms with E-state index >= 15 is 0 Å². The van der Waals surface area contributed by atoms with E-state index < -0.39 is 0 Å². The van der Waals surface area contributed by atoms with E-state index in [1.165, 1.54) is 0 Å². The maximum absolute atomic E-state index is 3.84.